The van der Waals surface area contributed by atoms with Crippen molar-refractivity contribution in [2.75, 3.05) is 4.90 Å². The van der Waals surface area contributed by atoms with E-state index in [1.807, 2.05) is 79.7 Å². The van der Waals surface area contributed by atoms with Crippen molar-refractivity contribution in [3.8, 4) is 5.75 Å². The van der Waals surface area contributed by atoms with Gasteiger partial charge in [0.15, 0.2) is 5.78 Å². The number of carbonyl (C=O) groups excluding carboxylic acids is 2. The predicted octanol–water partition coefficient (Wildman–Crippen LogP) is 6.76. The molecule has 4 nitrogen and oxygen atoms in total. The van der Waals surface area contributed by atoms with Crippen LogP contribution in [0.15, 0.2) is 84.1 Å². The van der Waals surface area contributed by atoms with Gasteiger partial charge in [0, 0.05) is 40.7 Å². The van der Waals surface area contributed by atoms with Crippen LogP contribution in [0.1, 0.15) is 48.3 Å². The normalized spacial score (nSPS) is 18.2. The topological polar surface area (TPSA) is 46.6 Å². The van der Waals surface area contributed by atoms with Gasteiger partial charge in [0.25, 0.3) is 0 Å². The van der Waals surface area contributed by atoms with Crippen LogP contribution in [0.4, 0.5) is 5.69 Å². The molecule has 0 radical (unpaired) electrons. The molecule has 0 bridgehead atoms. The smallest absolute Gasteiger partial charge is 0.232 e. The second-order valence-electron chi connectivity index (χ2n) is 8.94. The van der Waals surface area contributed by atoms with Crippen LogP contribution in [0.2, 0.25) is 5.02 Å². The summed E-state index contributed by atoms with van der Waals surface area (Å²) in [6.45, 7) is 2.47. The third kappa shape index (κ3) is 4.51. The Balaban J connectivity index is 1.41. The predicted molar refractivity (Wildman–Crippen MR) is 134 cm³/mol. The van der Waals surface area contributed by atoms with Crippen LogP contribution in [-0.2, 0) is 16.2 Å². The van der Waals surface area contributed by atoms with Gasteiger partial charge in [-0.2, -0.15) is 0 Å². The second-order valence-corrected chi connectivity index (χ2v) is 9.38. The standard InChI is InChI=1S/C29H26ClNO3/c1-19-5-13-23(14-6-19)31-26-3-2-4-27(32)29(26)25(17-28(31)33)21-9-15-24(16-10-21)34-18-20-7-11-22(30)12-8-20/h5-16,25H,2-4,17-18H2,1H3. The van der Waals surface area contributed by atoms with Gasteiger partial charge in [0.05, 0.1) is 0 Å². The van der Waals surface area contributed by atoms with Gasteiger partial charge in [-0.15, -0.1) is 0 Å². The quantitative estimate of drug-likeness (QED) is 0.413. The van der Waals surface area contributed by atoms with Crippen molar-refractivity contribution in [1.82, 2.24) is 0 Å². The Bertz CT molecular complexity index is 1240. The highest BCUT2D eigenvalue weighted by molar-refractivity contribution is 6.30. The highest BCUT2D eigenvalue weighted by atomic mass is 35.5. The number of amides is 1. The third-order valence-electron chi connectivity index (χ3n) is 6.57. The van der Waals surface area contributed by atoms with Crippen LogP contribution in [0, 0.1) is 6.92 Å². The molecule has 0 saturated heterocycles. The fourth-order valence-electron chi connectivity index (χ4n) is 4.81. The van der Waals surface area contributed by atoms with E-state index in [9.17, 15) is 9.59 Å². The molecule has 34 heavy (non-hydrogen) atoms. The first-order chi connectivity index (χ1) is 16.5. The molecule has 172 valence electrons. The summed E-state index contributed by atoms with van der Waals surface area (Å²) in [5, 5.41) is 0.696. The average Bonchev–Trinajstić information content (AvgIpc) is 2.84. The Kier molecular flexibility index (Phi) is 6.25. The van der Waals surface area contributed by atoms with Gasteiger partial charge in [-0.05, 0) is 67.3 Å². The zero-order valence-electron chi connectivity index (χ0n) is 19.1. The lowest BCUT2D eigenvalue weighted by Gasteiger charge is -2.38. The fourth-order valence-corrected chi connectivity index (χ4v) is 4.94. The highest BCUT2D eigenvalue weighted by Gasteiger charge is 2.39. The molecular weight excluding hydrogens is 446 g/mol. The zero-order valence-corrected chi connectivity index (χ0v) is 19.8. The van der Waals surface area contributed by atoms with E-state index in [0.29, 0.717) is 18.1 Å². The van der Waals surface area contributed by atoms with Crippen molar-refractivity contribution in [2.45, 2.75) is 45.1 Å². The summed E-state index contributed by atoms with van der Waals surface area (Å²) in [7, 11) is 0. The lowest BCUT2D eigenvalue weighted by molar-refractivity contribution is -0.119. The molecule has 0 aromatic heterocycles. The average molecular weight is 472 g/mol. The van der Waals surface area contributed by atoms with E-state index >= 15 is 0 Å². The SMILES string of the molecule is Cc1ccc(N2C(=O)CC(c3ccc(OCc4ccc(Cl)cc4)cc3)C3=C2CCCC3=O)cc1. The number of carbonyl (C=O) groups is 2. The Morgan fingerprint density at radius 1 is 0.912 bits per heavy atom. The number of ether oxygens (including phenoxy) is 1. The highest BCUT2D eigenvalue weighted by Crippen LogP contribution is 2.43. The number of halogens is 1. The molecule has 1 aliphatic carbocycles. The number of anilines is 1. The Morgan fingerprint density at radius 3 is 2.32 bits per heavy atom. The van der Waals surface area contributed by atoms with E-state index in [1.54, 1.807) is 4.90 Å². The van der Waals surface area contributed by atoms with Crippen LogP contribution >= 0.6 is 11.6 Å². The van der Waals surface area contributed by atoms with E-state index in [-0.39, 0.29) is 24.0 Å². The number of rotatable bonds is 5. The molecule has 3 aromatic rings. The van der Waals surface area contributed by atoms with Crippen LogP contribution < -0.4 is 9.64 Å². The molecule has 2 aliphatic rings. The number of benzene rings is 3. The van der Waals surface area contributed by atoms with Crippen LogP contribution in [0.25, 0.3) is 0 Å². The Hall–Kier alpha value is -3.37. The number of hydrogen-bond acceptors (Lipinski definition) is 3. The molecular formula is C29H26ClNO3. The number of nitrogens with zero attached hydrogens (tertiary/aromatic N) is 1. The minimum atomic E-state index is -0.220. The zero-order chi connectivity index (χ0) is 23.7. The molecule has 0 saturated carbocycles. The van der Waals surface area contributed by atoms with Gasteiger partial charge in [0.2, 0.25) is 5.91 Å². The van der Waals surface area contributed by atoms with Gasteiger partial charge in [-0.25, -0.2) is 0 Å². The van der Waals surface area contributed by atoms with Crippen molar-refractivity contribution in [3.63, 3.8) is 0 Å². The summed E-state index contributed by atoms with van der Waals surface area (Å²) in [4.78, 5) is 28.2. The first-order valence-electron chi connectivity index (χ1n) is 11.6. The van der Waals surface area contributed by atoms with Crippen molar-refractivity contribution >= 4 is 29.0 Å². The van der Waals surface area contributed by atoms with E-state index in [0.717, 1.165) is 52.2 Å². The van der Waals surface area contributed by atoms with Crippen molar-refractivity contribution < 1.29 is 14.3 Å². The van der Waals surface area contributed by atoms with Gasteiger partial charge >= 0.3 is 0 Å². The van der Waals surface area contributed by atoms with Gasteiger partial charge < -0.3 is 4.74 Å². The van der Waals surface area contributed by atoms with Crippen molar-refractivity contribution in [3.05, 3.63) is 106 Å². The van der Waals surface area contributed by atoms with Crippen molar-refractivity contribution in [2.24, 2.45) is 0 Å². The van der Waals surface area contributed by atoms with Crippen LogP contribution in [-0.4, -0.2) is 11.7 Å². The summed E-state index contributed by atoms with van der Waals surface area (Å²) in [6.07, 6.45) is 2.33. The molecule has 1 amide bonds. The second kappa shape index (κ2) is 9.47. The first-order valence-corrected chi connectivity index (χ1v) is 12.0. The summed E-state index contributed by atoms with van der Waals surface area (Å²) in [6, 6.07) is 23.3. The number of allylic oxidation sites excluding steroid dienone is 2. The van der Waals surface area contributed by atoms with Crippen molar-refractivity contribution in [1.29, 1.82) is 0 Å². The number of Topliss-reactive ketones (excluding diaryl/α,β-unsaturated/α-hetero) is 1. The maximum atomic E-state index is 13.3. The minimum Gasteiger partial charge on any atom is -0.489 e. The molecule has 5 rings (SSSR count). The molecule has 3 aromatic carbocycles. The first kappa shape index (κ1) is 22.4. The molecule has 1 aliphatic heterocycles. The summed E-state index contributed by atoms with van der Waals surface area (Å²) < 4.78 is 5.91. The lowest BCUT2D eigenvalue weighted by Crippen LogP contribution is -2.40. The number of hydrogen-bond donors (Lipinski definition) is 0. The maximum Gasteiger partial charge on any atom is 0.232 e. The summed E-state index contributed by atoms with van der Waals surface area (Å²) >= 11 is 5.94. The maximum absolute atomic E-state index is 13.3. The van der Waals surface area contributed by atoms with Crippen LogP contribution in [0.5, 0.6) is 5.75 Å². The third-order valence-corrected chi connectivity index (χ3v) is 6.82. The number of aryl methyl sites for hydroxylation is 1. The van der Waals surface area contributed by atoms with E-state index in [2.05, 4.69) is 0 Å². The largest absolute Gasteiger partial charge is 0.489 e. The van der Waals surface area contributed by atoms with E-state index < -0.39 is 0 Å². The Morgan fingerprint density at radius 2 is 1.62 bits per heavy atom. The van der Waals surface area contributed by atoms with E-state index in [4.69, 9.17) is 16.3 Å². The monoisotopic (exact) mass is 471 g/mol. The minimum absolute atomic E-state index is 0.0327. The molecule has 5 heteroatoms. The molecule has 0 spiro atoms. The summed E-state index contributed by atoms with van der Waals surface area (Å²) in [5.41, 5.74) is 5.63. The van der Waals surface area contributed by atoms with E-state index in [1.165, 1.54) is 0 Å². The molecule has 0 N–H and O–H groups in total. The van der Waals surface area contributed by atoms with Crippen LogP contribution in [0.3, 0.4) is 0 Å². The van der Waals surface area contributed by atoms with Gasteiger partial charge in [-0.1, -0.05) is 53.6 Å². The van der Waals surface area contributed by atoms with Gasteiger partial charge in [0.1, 0.15) is 12.4 Å². The molecule has 1 heterocycles. The van der Waals surface area contributed by atoms with Gasteiger partial charge in [-0.3, -0.25) is 14.5 Å². The molecule has 0 fully saturated rings. The summed E-state index contributed by atoms with van der Waals surface area (Å²) in [5.74, 6) is 0.706. The molecule has 1 unspecified atom stereocenters. The Labute approximate surface area is 204 Å². The lowest BCUT2D eigenvalue weighted by atomic mass is 9.77. The fraction of sp³-hybridized carbons (Fsp3) is 0.241. The number of ketones is 1. The molecule has 1 atom stereocenters.